The number of amides is 2. The van der Waals surface area contributed by atoms with E-state index in [1.165, 1.54) is 6.33 Å². The molecule has 45 heavy (non-hydrogen) atoms. The van der Waals surface area contributed by atoms with Crippen molar-refractivity contribution in [1.29, 1.82) is 0 Å². The summed E-state index contributed by atoms with van der Waals surface area (Å²) < 4.78 is 29.3. The molecule has 1 atom stereocenters. The number of sulfonamides is 1. The molecule has 4 aliphatic heterocycles. The second-order valence-corrected chi connectivity index (χ2v) is 16.1. The Morgan fingerprint density at radius 3 is 2.02 bits per heavy atom. The molecule has 5 rings (SSSR count). The van der Waals surface area contributed by atoms with Gasteiger partial charge in [0.15, 0.2) is 0 Å². The highest BCUT2D eigenvalue weighted by molar-refractivity contribution is 7.89. The summed E-state index contributed by atoms with van der Waals surface area (Å²) in [6, 6.07) is 0.389. The van der Waals surface area contributed by atoms with Crippen LogP contribution in [0.2, 0.25) is 0 Å². The van der Waals surface area contributed by atoms with Crippen LogP contribution in [0.4, 0.5) is 0 Å². The van der Waals surface area contributed by atoms with E-state index in [1.807, 2.05) is 0 Å². The van der Waals surface area contributed by atoms with Gasteiger partial charge in [-0.1, -0.05) is 19.8 Å². The van der Waals surface area contributed by atoms with Crippen LogP contribution in [0.5, 0.6) is 0 Å². The summed E-state index contributed by atoms with van der Waals surface area (Å²) in [7, 11) is -3.39. The van der Waals surface area contributed by atoms with Crippen molar-refractivity contribution in [2.24, 2.45) is 11.3 Å². The Morgan fingerprint density at radius 1 is 0.867 bits per heavy atom. The monoisotopic (exact) mass is 644 g/mol. The van der Waals surface area contributed by atoms with Crippen LogP contribution in [-0.4, -0.2) is 119 Å². The summed E-state index contributed by atoms with van der Waals surface area (Å²) in [6.07, 6.45) is 10.5. The number of hydrogen-bond donors (Lipinski definition) is 0. The molecule has 0 radical (unpaired) electrons. The standard InChI is InChI=1S/C33H52N6O5S/c1-5-6-7-27-22-39(45(43,44)29-10-17-36(18-11-29)26(4)40)21-14-33(27)12-19-37(20-13-33)28-8-15-38(16-9-28)32(42)31(41)30-24(2)34-23-35-25(30)3/h23,27-29H,5-22H2,1-4H3. The molecule has 0 bridgehead atoms. The van der Waals surface area contributed by atoms with Crippen molar-refractivity contribution in [3.8, 4) is 0 Å². The van der Waals surface area contributed by atoms with E-state index >= 15 is 0 Å². The molecular weight excluding hydrogens is 592 g/mol. The van der Waals surface area contributed by atoms with Gasteiger partial charge in [-0.3, -0.25) is 14.4 Å². The van der Waals surface area contributed by atoms with Gasteiger partial charge < -0.3 is 14.7 Å². The highest BCUT2D eigenvalue weighted by atomic mass is 32.2. The minimum atomic E-state index is -3.39. The molecule has 4 saturated heterocycles. The molecule has 250 valence electrons. The Bertz CT molecular complexity index is 1320. The Balaban J connectivity index is 1.16. The maximum absolute atomic E-state index is 13.8. The maximum Gasteiger partial charge on any atom is 0.295 e. The average Bonchev–Trinajstić information content (AvgIpc) is 3.04. The summed E-state index contributed by atoms with van der Waals surface area (Å²) in [4.78, 5) is 52.1. The summed E-state index contributed by atoms with van der Waals surface area (Å²) in [5, 5.41) is -0.391. The van der Waals surface area contributed by atoms with Crippen molar-refractivity contribution in [2.45, 2.75) is 103 Å². The van der Waals surface area contributed by atoms with E-state index in [0.717, 1.165) is 64.5 Å². The van der Waals surface area contributed by atoms with Crippen LogP contribution in [0.1, 0.15) is 99.8 Å². The van der Waals surface area contributed by atoms with Crippen LogP contribution in [0.25, 0.3) is 0 Å². The van der Waals surface area contributed by atoms with E-state index in [-0.39, 0.29) is 11.3 Å². The summed E-state index contributed by atoms with van der Waals surface area (Å²) in [6.45, 7) is 12.6. The number of likely N-dealkylation sites (tertiary alicyclic amines) is 3. The number of piperidine rings is 4. The lowest BCUT2D eigenvalue weighted by molar-refractivity contribution is -0.130. The summed E-state index contributed by atoms with van der Waals surface area (Å²) >= 11 is 0. The second kappa shape index (κ2) is 14.1. The van der Waals surface area contributed by atoms with Gasteiger partial charge in [0, 0.05) is 52.2 Å². The van der Waals surface area contributed by atoms with Gasteiger partial charge in [-0.25, -0.2) is 22.7 Å². The van der Waals surface area contributed by atoms with Crippen molar-refractivity contribution in [2.75, 3.05) is 52.4 Å². The normalized spacial score (nSPS) is 24.2. The number of carbonyl (C=O) groups excluding carboxylic acids is 3. The zero-order chi connectivity index (χ0) is 32.4. The van der Waals surface area contributed by atoms with Gasteiger partial charge in [0.05, 0.1) is 22.2 Å². The molecule has 12 heteroatoms. The first-order valence-electron chi connectivity index (χ1n) is 17.1. The lowest BCUT2D eigenvalue weighted by Crippen LogP contribution is -2.57. The number of aromatic nitrogens is 2. The van der Waals surface area contributed by atoms with Gasteiger partial charge in [0.25, 0.3) is 11.7 Å². The Morgan fingerprint density at radius 2 is 1.44 bits per heavy atom. The number of carbonyl (C=O) groups is 3. The highest BCUT2D eigenvalue weighted by Gasteiger charge is 2.48. The molecule has 4 aliphatic rings. The van der Waals surface area contributed by atoms with Crippen LogP contribution in [0.3, 0.4) is 0 Å². The third-order valence-corrected chi connectivity index (χ3v) is 13.8. The number of ketones is 1. The molecule has 11 nitrogen and oxygen atoms in total. The molecule has 2 amide bonds. The van der Waals surface area contributed by atoms with Crippen LogP contribution in [-0.2, 0) is 19.6 Å². The lowest BCUT2D eigenvalue weighted by atomic mass is 9.63. The minimum Gasteiger partial charge on any atom is -0.343 e. The fraction of sp³-hybridized carbons (Fsp3) is 0.788. The predicted octanol–water partition coefficient (Wildman–Crippen LogP) is 3.20. The first-order valence-corrected chi connectivity index (χ1v) is 18.6. The molecule has 1 unspecified atom stereocenters. The van der Waals surface area contributed by atoms with Crippen LogP contribution < -0.4 is 0 Å². The molecule has 1 aromatic heterocycles. The van der Waals surface area contributed by atoms with Gasteiger partial charge in [0.1, 0.15) is 6.33 Å². The third-order valence-electron chi connectivity index (χ3n) is 11.4. The Hall–Kier alpha value is -2.44. The van der Waals surface area contributed by atoms with Gasteiger partial charge >= 0.3 is 0 Å². The first-order chi connectivity index (χ1) is 21.5. The molecule has 0 saturated carbocycles. The topological polar surface area (TPSA) is 124 Å². The minimum absolute atomic E-state index is 0.0228. The molecular formula is C33H52N6O5S. The molecule has 0 aromatic carbocycles. The first kappa shape index (κ1) is 33.9. The molecule has 1 aromatic rings. The number of rotatable bonds is 8. The molecule has 1 spiro atoms. The zero-order valence-corrected chi connectivity index (χ0v) is 28.5. The van der Waals surface area contributed by atoms with Crippen molar-refractivity contribution < 1.29 is 22.8 Å². The van der Waals surface area contributed by atoms with Gasteiger partial charge in [0.2, 0.25) is 15.9 Å². The van der Waals surface area contributed by atoms with Gasteiger partial charge in [-0.15, -0.1) is 0 Å². The van der Waals surface area contributed by atoms with E-state index in [2.05, 4.69) is 21.8 Å². The number of nitrogens with zero attached hydrogens (tertiary/aromatic N) is 6. The van der Waals surface area contributed by atoms with Crippen molar-refractivity contribution in [1.82, 2.24) is 29.0 Å². The smallest absolute Gasteiger partial charge is 0.295 e. The maximum atomic E-state index is 13.8. The predicted molar refractivity (Wildman–Crippen MR) is 172 cm³/mol. The van der Waals surface area contributed by atoms with Crippen LogP contribution >= 0.6 is 0 Å². The SMILES string of the molecule is CCCCC1CN(S(=O)(=O)C2CCN(C(C)=O)CC2)CCC12CCN(C1CCN(C(=O)C(=O)c3c(C)ncnc3C)CC1)CC2. The Kier molecular flexibility index (Phi) is 10.6. The highest BCUT2D eigenvalue weighted by Crippen LogP contribution is 2.48. The van der Waals surface area contributed by atoms with Crippen LogP contribution in [0.15, 0.2) is 6.33 Å². The molecule has 5 heterocycles. The Labute approximate surface area is 269 Å². The van der Waals surface area contributed by atoms with Crippen molar-refractivity contribution >= 4 is 27.6 Å². The van der Waals surface area contributed by atoms with Crippen molar-refractivity contribution in [3.05, 3.63) is 23.3 Å². The number of aryl methyl sites for hydroxylation is 2. The summed E-state index contributed by atoms with van der Waals surface area (Å²) in [5.74, 6) is -0.594. The quantitative estimate of drug-likeness (QED) is 0.312. The number of hydrogen-bond acceptors (Lipinski definition) is 8. The lowest BCUT2D eigenvalue weighted by Gasteiger charge is -2.53. The largest absolute Gasteiger partial charge is 0.343 e. The van der Waals surface area contributed by atoms with Crippen LogP contribution in [0, 0.1) is 25.2 Å². The average molecular weight is 645 g/mol. The molecule has 4 fully saturated rings. The zero-order valence-electron chi connectivity index (χ0n) is 27.7. The van der Waals surface area contributed by atoms with E-state index < -0.39 is 27.0 Å². The summed E-state index contributed by atoms with van der Waals surface area (Å²) in [5.41, 5.74) is 1.56. The van der Waals surface area contributed by atoms with E-state index in [9.17, 15) is 22.8 Å². The van der Waals surface area contributed by atoms with E-state index in [0.29, 0.717) is 81.0 Å². The fourth-order valence-electron chi connectivity index (χ4n) is 8.44. The van der Waals surface area contributed by atoms with E-state index in [1.54, 1.807) is 34.9 Å². The van der Waals surface area contributed by atoms with Crippen molar-refractivity contribution in [3.63, 3.8) is 0 Å². The van der Waals surface area contributed by atoms with E-state index in [4.69, 9.17) is 0 Å². The van der Waals surface area contributed by atoms with Gasteiger partial charge in [-0.05, 0) is 89.6 Å². The molecule has 0 aliphatic carbocycles. The second-order valence-electron chi connectivity index (χ2n) is 13.9. The van der Waals surface area contributed by atoms with Gasteiger partial charge in [-0.2, -0.15) is 0 Å². The number of Topliss-reactive ketones (excluding diaryl/α,β-unsaturated/α-hetero) is 1. The number of unbranched alkanes of at least 4 members (excludes halogenated alkanes) is 1. The molecule has 0 N–H and O–H groups in total. The fourth-order valence-corrected chi connectivity index (χ4v) is 10.4. The third kappa shape index (κ3) is 7.12.